The number of benzene rings is 2. The van der Waals surface area contributed by atoms with Crippen LogP contribution in [0.15, 0.2) is 58.2 Å². The second-order valence-corrected chi connectivity index (χ2v) is 8.74. The molecule has 33 heavy (non-hydrogen) atoms. The highest BCUT2D eigenvalue weighted by Crippen LogP contribution is 2.40. The summed E-state index contributed by atoms with van der Waals surface area (Å²) in [6, 6.07) is 12.0. The van der Waals surface area contributed by atoms with Gasteiger partial charge >= 0.3 is 6.18 Å². The molecular formula is C22H19F3N4O3S. The maximum atomic E-state index is 12.9. The molecule has 0 aliphatic carbocycles. The SMILES string of the molecule is Cc1c(NC(=O)CC2Sc3ccc(C(F)(F)F)cc3NC2=O)c(=O)n(-c2ccccc2)n1C. The summed E-state index contributed by atoms with van der Waals surface area (Å²) >= 11 is 1.01. The molecule has 0 bridgehead atoms. The fourth-order valence-corrected chi connectivity index (χ4v) is 4.62. The molecule has 2 amide bonds. The standard InChI is InChI=1S/C22H19F3N4O3S/c1-12-19(21(32)29(28(12)2)14-6-4-3-5-7-14)27-18(30)11-17-20(31)26-15-10-13(22(23,24)25)8-9-16(15)33-17/h3-10,17H,11H2,1-2H3,(H,26,31)(H,27,30). The molecule has 7 nitrogen and oxygen atoms in total. The summed E-state index contributed by atoms with van der Waals surface area (Å²) in [6.45, 7) is 1.69. The highest BCUT2D eigenvalue weighted by atomic mass is 32.2. The molecule has 1 aliphatic rings. The number of nitrogens with one attached hydrogen (secondary N) is 2. The van der Waals surface area contributed by atoms with Crippen LogP contribution in [0, 0.1) is 6.92 Å². The third-order valence-corrected chi connectivity index (χ3v) is 6.59. The third kappa shape index (κ3) is 4.40. The molecule has 0 saturated heterocycles. The lowest BCUT2D eigenvalue weighted by Gasteiger charge is -2.24. The average molecular weight is 476 g/mol. The predicted molar refractivity (Wildman–Crippen MR) is 119 cm³/mol. The number of fused-ring (bicyclic) bond motifs is 1. The molecule has 1 aromatic heterocycles. The Hall–Kier alpha value is -3.47. The fourth-order valence-electron chi connectivity index (χ4n) is 3.53. The maximum Gasteiger partial charge on any atom is 0.416 e. The van der Waals surface area contributed by atoms with Crippen LogP contribution in [0.2, 0.25) is 0 Å². The first-order valence-corrected chi connectivity index (χ1v) is 10.8. The van der Waals surface area contributed by atoms with Gasteiger partial charge in [-0.1, -0.05) is 18.2 Å². The summed E-state index contributed by atoms with van der Waals surface area (Å²) in [5.41, 5.74) is 0.0328. The quantitative estimate of drug-likeness (QED) is 0.597. The molecular weight excluding hydrogens is 457 g/mol. The lowest BCUT2D eigenvalue weighted by atomic mass is 10.1. The zero-order chi connectivity index (χ0) is 23.9. The van der Waals surface area contributed by atoms with E-state index >= 15 is 0 Å². The molecule has 0 fully saturated rings. The Balaban J connectivity index is 1.51. The van der Waals surface area contributed by atoms with Gasteiger partial charge < -0.3 is 10.6 Å². The van der Waals surface area contributed by atoms with Crippen molar-refractivity contribution in [2.24, 2.45) is 7.05 Å². The van der Waals surface area contributed by atoms with Gasteiger partial charge in [0.15, 0.2) is 0 Å². The van der Waals surface area contributed by atoms with Crippen molar-refractivity contribution in [3.05, 3.63) is 70.1 Å². The van der Waals surface area contributed by atoms with Crippen LogP contribution in [0.5, 0.6) is 0 Å². The number of thioether (sulfide) groups is 1. The lowest BCUT2D eigenvalue weighted by Crippen LogP contribution is -2.33. The van der Waals surface area contributed by atoms with Crippen LogP contribution < -0.4 is 16.2 Å². The maximum absolute atomic E-state index is 12.9. The van der Waals surface area contributed by atoms with Gasteiger partial charge in [0.05, 0.1) is 27.9 Å². The Kier molecular flexibility index (Phi) is 5.83. The number of hydrogen-bond donors (Lipinski definition) is 2. The van der Waals surface area contributed by atoms with Gasteiger partial charge in [-0.3, -0.25) is 19.1 Å². The topological polar surface area (TPSA) is 85.1 Å². The van der Waals surface area contributed by atoms with Gasteiger partial charge in [-0.15, -0.1) is 11.8 Å². The minimum Gasteiger partial charge on any atom is -0.324 e. The smallest absolute Gasteiger partial charge is 0.324 e. The second-order valence-electron chi connectivity index (χ2n) is 7.49. The number of aromatic nitrogens is 2. The number of para-hydroxylation sites is 1. The van der Waals surface area contributed by atoms with Crippen LogP contribution >= 0.6 is 11.8 Å². The number of amides is 2. The van der Waals surface area contributed by atoms with Crippen LogP contribution in [-0.2, 0) is 22.8 Å². The number of rotatable bonds is 4. The minimum absolute atomic E-state index is 0.0566. The molecule has 1 aliphatic heterocycles. The Morgan fingerprint density at radius 2 is 1.85 bits per heavy atom. The number of hydrogen-bond acceptors (Lipinski definition) is 4. The van der Waals surface area contributed by atoms with Crippen molar-refractivity contribution in [3.8, 4) is 5.69 Å². The van der Waals surface area contributed by atoms with E-state index in [2.05, 4.69) is 10.6 Å². The highest BCUT2D eigenvalue weighted by Gasteiger charge is 2.34. The molecule has 3 aromatic rings. The monoisotopic (exact) mass is 476 g/mol. The Bertz CT molecular complexity index is 1300. The Morgan fingerprint density at radius 1 is 1.15 bits per heavy atom. The molecule has 4 rings (SSSR count). The summed E-state index contributed by atoms with van der Waals surface area (Å²) in [7, 11) is 1.69. The van der Waals surface area contributed by atoms with Crippen LogP contribution in [-0.4, -0.2) is 26.4 Å². The van der Waals surface area contributed by atoms with Crippen molar-refractivity contribution in [1.29, 1.82) is 0 Å². The number of halogens is 3. The summed E-state index contributed by atoms with van der Waals surface area (Å²) in [6.07, 6.45) is -4.78. The summed E-state index contributed by atoms with van der Waals surface area (Å²) in [4.78, 5) is 38.5. The van der Waals surface area contributed by atoms with E-state index in [9.17, 15) is 27.6 Å². The van der Waals surface area contributed by atoms with Crippen molar-refractivity contribution >= 4 is 35.0 Å². The zero-order valence-corrected chi connectivity index (χ0v) is 18.4. The van der Waals surface area contributed by atoms with E-state index in [1.807, 2.05) is 6.07 Å². The van der Waals surface area contributed by atoms with Gasteiger partial charge in [-0.25, -0.2) is 4.68 Å². The van der Waals surface area contributed by atoms with Crippen molar-refractivity contribution in [2.75, 3.05) is 10.6 Å². The van der Waals surface area contributed by atoms with E-state index in [1.165, 1.54) is 10.7 Å². The van der Waals surface area contributed by atoms with Crippen LogP contribution in [0.25, 0.3) is 5.69 Å². The van der Waals surface area contributed by atoms with Crippen LogP contribution in [0.3, 0.4) is 0 Å². The van der Waals surface area contributed by atoms with Gasteiger partial charge in [0.2, 0.25) is 11.8 Å². The van der Waals surface area contributed by atoms with E-state index < -0.39 is 34.4 Å². The van der Waals surface area contributed by atoms with Crippen molar-refractivity contribution < 1.29 is 22.8 Å². The largest absolute Gasteiger partial charge is 0.416 e. The van der Waals surface area contributed by atoms with E-state index in [1.54, 1.807) is 42.9 Å². The molecule has 1 unspecified atom stereocenters. The van der Waals surface area contributed by atoms with Gasteiger partial charge in [-0.2, -0.15) is 13.2 Å². The molecule has 2 heterocycles. The minimum atomic E-state index is -4.53. The first-order valence-electron chi connectivity index (χ1n) is 9.89. The van der Waals surface area contributed by atoms with Gasteiger partial charge in [-0.05, 0) is 37.3 Å². The van der Waals surface area contributed by atoms with Gasteiger partial charge in [0.25, 0.3) is 5.56 Å². The number of anilines is 2. The van der Waals surface area contributed by atoms with Gasteiger partial charge in [0.1, 0.15) is 5.69 Å². The molecule has 0 spiro atoms. The van der Waals surface area contributed by atoms with E-state index in [4.69, 9.17) is 0 Å². The lowest BCUT2D eigenvalue weighted by molar-refractivity contribution is -0.137. The van der Waals surface area contributed by atoms with E-state index in [0.717, 1.165) is 23.9 Å². The van der Waals surface area contributed by atoms with Crippen molar-refractivity contribution in [1.82, 2.24) is 9.36 Å². The summed E-state index contributed by atoms with van der Waals surface area (Å²) in [5, 5.41) is 4.18. The number of carbonyl (C=O) groups is 2. The number of alkyl halides is 3. The van der Waals surface area contributed by atoms with Crippen molar-refractivity contribution in [3.63, 3.8) is 0 Å². The molecule has 0 saturated carbocycles. The Labute approximate surface area is 190 Å². The zero-order valence-electron chi connectivity index (χ0n) is 17.6. The van der Waals surface area contributed by atoms with Crippen molar-refractivity contribution in [2.45, 2.75) is 29.7 Å². The fraction of sp³-hybridized carbons (Fsp3) is 0.227. The Morgan fingerprint density at radius 3 is 2.52 bits per heavy atom. The number of nitrogens with zero attached hydrogens (tertiary/aromatic N) is 2. The van der Waals surface area contributed by atoms with Crippen LogP contribution in [0.1, 0.15) is 17.7 Å². The summed E-state index contributed by atoms with van der Waals surface area (Å²) < 4.78 is 41.8. The molecule has 2 N–H and O–H groups in total. The normalized spacial score (nSPS) is 15.7. The molecule has 0 radical (unpaired) electrons. The van der Waals surface area contributed by atoms with Crippen LogP contribution in [0.4, 0.5) is 24.5 Å². The first-order chi connectivity index (χ1) is 15.6. The second kappa shape index (κ2) is 8.47. The molecule has 2 aromatic carbocycles. The average Bonchev–Trinajstić information content (AvgIpc) is 2.97. The van der Waals surface area contributed by atoms with E-state index in [0.29, 0.717) is 16.3 Å². The predicted octanol–water partition coefficient (Wildman–Crippen LogP) is 3.94. The highest BCUT2D eigenvalue weighted by molar-refractivity contribution is 8.01. The third-order valence-electron chi connectivity index (χ3n) is 5.32. The molecule has 172 valence electrons. The summed E-state index contributed by atoms with van der Waals surface area (Å²) in [5.74, 6) is -1.13. The van der Waals surface area contributed by atoms with E-state index in [-0.39, 0.29) is 17.8 Å². The number of carbonyl (C=O) groups excluding carboxylic acids is 2. The molecule has 1 atom stereocenters. The molecule has 11 heteroatoms. The van der Waals surface area contributed by atoms with Gasteiger partial charge in [0, 0.05) is 18.4 Å². The first kappa shape index (κ1) is 22.7.